The van der Waals surface area contributed by atoms with Gasteiger partial charge < -0.3 is 10.0 Å². The summed E-state index contributed by atoms with van der Waals surface area (Å²) in [5, 5.41) is 10.4. The Morgan fingerprint density at radius 3 is 2.20 bits per heavy atom. The molecule has 1 fully saturated rings. The Labute approximate surface area is 125 Å². The number of carbonyl (C=O) groups is 1. The zero-order chi connectivity index (χ0) is 15.9. The van der Waals surface area contributed by atoms with E-state index in [-0.39, 0.29) is 23.2 Å². The predicted molar refractivity (Wildman–Crippen MR) is 87.3 cm³/mol. The lowest BCUT2D eigenvalue weighted by Crippen LogP contribution is -2.53. The van der Waals surface area contributed by atoms with Crippen LogP contribution in [0.5, 0.6) is 0 Å². The van der Waals surface area contributed by atoms with E-state index in [0.29, 0.717) is 0 Å². The van der Waals surface area contributed by atoms with Gasteiger partial charge in [-0.15, -0.1) is 0 Å². The van der Waals surface area contributed by atoms with Gasteiger partial charge in [0.25, 0.3) is 0 Å². The van der Waals surface area contributed by atoms with Crippen molar-refractivity contribution in [3.05, 3.63) is 0 Å². The van der Waals surface area contributed by atoms with Crippen molar-refractivity contribution in [2.45, 2.75) is 64.9 Å². The van der Waals surface area contributed by atoms with Crippen molar-refractivity contribution in [2.24, 2.45) is 17.3 Å². The molecule has 1 amide bonds. The Morgan fingerprint density at radius 1 is 1.35 bits per heavy atom. The predicted octanol–water partition coefficient (Wildman–Crippen LogP) is 3.15. The van der Waals surface area contributed by atoms with E-state index in [1.54, 1.807) is 4.90 Å². The smallest absolute Gasteiger partial charge is 0.226 e. The third kappa shape index (κ3) is 2.82. The molecule has 0 aromatic carbocycles. The Bertz CT molecular complexity index is 373. The zero-order valence-electron chi connectivity index (χ0n) is 14.6. The first-order chi connectivity index (χ1) is 8.91. The molecule has 0 saturated heterocycles. The molecule has 1 N–H and O–H groups in total. The Morgan fingerprint density at radius 2 is 1.85 bits per heavy atom. The summed E-state index contributed by atoms with van der Waals surface area (Å²) in [4.78, 5) is 14.2. The standard InChI is InChI=1S/C16H33NO2Si/c1-9-10-11-15(2)12(14(18)17(4)5)13(15)16(3,19)20(6,7)8/h12-13,19H,9-11H2,1-8H3/t12-,13-,15-,16-/m1/s1. The molecule has 0 bridgehead atoms. The van der Waals surface area contributed by atoms with E-state index in [2.05, 4.69) is 33.5 Å². The molecular weight excluding hydrogens is 266 g/mol. The molecule has 1 aliphatic rings. The van der Waals surface area contributed by atoms with Gasteiger partial charge in [-0.25, -0.2) is 0 Å². The fourth-order valence-electron chi connectivity index (χ4n) is 3.57. The molecule has 0 aromatic heterocycles. The van der Waals surface area contributed by atoms with Crippen molar-refractivity contribution >= 4 is 14.0 Å². The van der Waals surface area contributed by atoms with Crippen LogP contribution in [0.25, 0.3) is 0 Å². The molecule has 3 nitrogen and oxygen atoms in total. The third-order valence-electron chi connectivity index (χ3n) is 5.55. The second kappa shape index (κ2) is 5.45. The molecule has 0 aromatic rings. The van der Waals surface area contributed by atoms with E-state index in [9.17, 15) is 9.90 Å². The van der Waals surface area contributed by atoms with Gasteiger partial charge in [0.05, 0.1) is 13.3 Å². The lowest BCUT2D eigenvalue weighted by atomic mass is 9.95. The first-order valence-electron chi connectivity index (χ1n) is 7.84. The highest BCUT2D eigenvalue weighted by atomic mass is 28.3. The minimum Gasteiger partial charge on any atom is -0.393 e. The van der Waals surface area contributed by atoms with Gasteiger partial charge in [-0.1, -0.05) is 46.3 Å². The zero-order valence-corrected chi connectivity index (χ0v) is 15.6. The van der Waals surface area contributed by atoms with Gasteiger partial charge in [0, 0.05) is 25.9 Å². The van der Waals surface area contributed by atoms with E-state index in [4.69, 9.17) is 0 Å². The molecule has 0 heterocycles. The average Bonchev–Trinajstić information content (AvgIpc) is 2.91. The van der Waals surface area contributed by atoms with E-state index in [0.717, 1.165) is 19.3 Å². The van der Waals surface area contributed by atoms with E-state index < -0.39 is 13.3 Å². The van der Waals surface area contributed by atoms with Crippen LogP contribution in [-0.4, -0.2) is 43.3 Å². The van der Waals surface area contributed by atoms with Gasteiger partial charge in [-0.3, -0.25) is 4.79 Å². The molecule has 1 rings (SSSR count). The summed E-state index contributed by atoms with van der Waals surface area (Å²) in [6.07, 6.45) is 3.31. The first kappa shape index (κ1) is 17.7. The molecule has 4 heteroatoms. The lowest BCUT2D eigenvalue weighted by molar-refractivity contribution is -0.131. The highest BCUT2D eigenvalue weighted by molar-refractivity contribution is 6.79. The van der Waals surface area contributed by atoms with Crippen LogP contribution in [-0.2, 0) is 4.79 Å². The summed E-state index contributed by atoms with van der Waals surface area (Å²) in [7, 11) is 1.89. The number of unbranched alkanes of at least 4 members (excludes halogenated alkanes) is 1. The maximum atomic E-state index is 12.5. The Balaban J connectivity index is 3.07. The van der Waals surface area contributed by atoms with Gasteiger partial charge in [-0.05, 0) is 18.8 Å². The minimum atomic E-state index is -1.75. The van der Waals surface area contributed by atoms with Crippen molar-refractivity contribution in [1.29, 1.82) is 0 Å². The van der Waals surface area contributed by atoms with Crippen molar-refractivity contribution in [3.8, 4) is 0 Å². The van der Waals surface area contributed by atoms with Gasteiger partial charge >= 0.3 is 0 Å². The van der Waals surface area contributed by atoms with Crippen LogP contribution in [0.3, 0.4) is 0 Å². The molecule has 1 aliphatic carbocycles. The number of carbonyl (C=O) groups excluding carboxylic acids is 1. The summed E-state index contributed by atoms with van der Waals surface area (Å²) in [6.45, 7) is 12.9. The average molecular weight is 300 g/mol. The molecule has 0 spiro atoms. The van der Waals surface area contributed by atoms with Gasteiger partial charge in [0.1, 0.15) is 0 Å². The molecule has 118 valence electrons. The summed E-state index contributed by atoms with van der Waals surface area (Å²) < 4.78 is 0. The van der Waals surface area contributed by atoms with Gasteiger partial charge in [0.2, 0.25) is 5.91 Å². The second-order valence-corrected chi connectivity index (χ2v) is 13.7. The van der Waals surface area contributed by atoms with Crippen LogP contribution < -0.4 is 0 Å². The Kier molecular flexibility index (Phi) is 4.82. The van der Waals surface area contributed by atoms with Crippen molar-refractivity contribution in [2.75, 3.05) is 14.1 Å². The number of amides is 1. The maximum absolute atomic E-state index is 12.5. The van der Waals surface area contributed by atoms with Crippen molar-refractivity contribution < 1.29 is 9.90 Å². The highest BCUT2D eigenvalue weighted by Crippen LogP contribution is 2.67. The van der Waals surface area contributed by atoms with E-state index in [1.807, 2.05) is 21.0 Å². The van der Waals surface area contributed by atoms with Crippen LogP contribution in [0.1, 0.15) is 40.0 Å². The molecule has 4 atom stereocenters. The van der Waals surface area contributed by atoms with Crippen LogP contribution in [0.4, 0.5) is 0 Å². The number of nitrogens with zero attached hydrogens (tertiary/aromatic N) is 1. The molecular formula is C16H33NO2Si. The maximum Gasteiger partial charge on any atom is 0.226 e. The van der Waals surface area contributed by atoms with E-state index >= 15 is 0 Å². The molecule has 0 radical (unpaired) electrons. The second-order valence-electron chi connectivity index (χ2n) is 8.19. The van der Waals surface area contributed by atoms with Crippen LogP contribution in [0.2, 0.25) is 19.6 Å². The molecule has 20 heavy (non-hydrogen) atoms. The number of rotatable bonds is 6. The highest BCUT2D eigenvalue weighted by Gasteiger charge is 2.72. The van der Waals surface area contributed by atoms with Crippen LogP contribution in [0, 0.1) is 17.3 Å². The van der Waals surface area contributed by atoms with Gasteiger partial charge in [0.15, 0.2) is 0 Å². The summed E-state index contributed by atoms with van der Waals surface area (Å²) in [5.74, 6) is 0.293. The monoisotopic (exact) mass is 299 g/mol. The number of aliphatic hydroxyl groups is 1. The molecule has 1 saturated carbocycles. The summed E-state index contributed by atoms with van der Waals surface area (Å²) in [5.41, 5.74) is -0.0266. The fraction of sp³-hybridized carbons (Fsp3) is 0.938. The normalized spacial score (nSPS) is 32.6. The quantitative estimate of drug-likeness (QED) is 0.765. The van der Waals surface area contributed by atoms with Crippen molar-refractivity contribution in [3.63, 3.8) is 0 Å². The molecule has 0 aliphatic heterocycles. The van der Waals surface area contributed by atoms with Gasteiger partial charge in [-0.2, -0.15) is 0 Å². The first-order valence-corrected chi connectivity index (χ1v) is 11.3. The van der Waals surface area contributed by atoms with E-state index in [1.165, 1.54) is 0 Å². The van der Waals surface area contributed by atoms with Crippen LogP contribution in [0.15, 0.2) is 0 Å². The Hall–Kier alpha value is -0.353. The minimum absolute atomic E-state index is 0.00854. The lowest BCUT2D eigenvalue weighted by Gasteiger charge is -2.37. The van der Waals surface area contributed by atoms with Crippen molar-refractivity contribution in [1.82, 2.24) is 4.90 Å². The number of hydrogen-bond donors (Lipinski definition) is 1. The van der Waals surface area contributed by atoms with Crippen LogP contribution >= 0.6 is 0 Å². The molecule has 0 unspecified atom stereocenters. The summed E-state index contributed by atoms with van der Waals surface area (Å²) >= 11 is 0. The fourth-order valence-corrected chi connectivity index (χ4v) is 5.00. The third-order valence-corrected chi connectivity index (χ3v) is 8.89. The SMILES string of the molecule is CCCC[C@@]1(C)[C@H]([C@](C)(O)[Si](C)(C)C)[C@@H]1C(=O)N(C)C. The summed E-state index contributed by atoms with van der Waals surface area (Å²) in [6, 6.07) is 0. The number of hydrogen-bond acceptors (Lipinski definition) is 2. The largest absolute Gasteiger partial charge is 0.393 e. The topological polar surface area (TPSA) is 40.5 Å².